The zero-order chi connectivity index (χ0) is 13.1. The Labute approximate surface area is 107 Å². The Bertz CT molecular complexity index is 448. The first-order valence-corrected chi connectivity index (χ1v) is 6.14. The highest BCUT2D eigenvalue weighted by Gasteiger charge is 2.20. The molecule has 5 heteroatoms. The van der Waals surface area contributed by atoms with Crippen LogP contribution in [-0.2, 0) is 0 Å². The molecule has 5 nitrogen and oxygen atoms in total. The first kappa shape index (κ1) is 12.7. The molecule has 1 aromatic carbocycles. The van der Waals surface area contributed by atoms with Crippen LogP contribution in [0.3, 0.4) is 0 Å². The Balaban J connectivity index is 2.17. The SMILES string of the molecule is CN1CCCN(C(=O)c2cc(O)ccc2N)CC1. The van der Waals surface area contributed by atoms with Crippen LogP contribution < -0.4 is 5.73 Å². The first-order chi connectivity index (χ1) is 8.58. The Morgan fingerprint density at radius 1 is 1.28 bits per heavy atom. The number of hydrogen-bond acceptors (Lipinski definition) is 4. The van der Waals surface area contributed by atoms with Gasteiger partial charge in [0.25, 0.3) is 5.91 Å². The largest absolute Gasteiger partial charge is 0.508 e. The summed E-state index contributed by atoms with van der Waals surface area (Å²) in [5.74, 6) is -0.0295. The van der Waals surface area contributed by atoms with Gasteiger partial charge in [-0.25, -0.2) is 0 Å². The lowest BCUT2D eigenvalue weighted by Crippen LogP contribution is -2.34. The molecule has 2 rings (SSSR count). The van der Waals surface area contributed by atoms with Gasteiger partial charge in [0.15, 0.2) is 0 Å². The van der Waals surface area contributed by atoms with Crippen LogP contribution in [0.4, 0.5) is 5.69 Å². The lowest BCUT2D eigenvalue weighted by Gasteiger charge is -2.21. The molecule has 0 radical (unpaired) electrons. The molecule has 1 fully saturated rings. The summed E-state index contributed by atoms with van der Waals surface area (Å²) in [6, 6.07) is 4.49. The van der Waals surface area contributed by atoms with E-state index < -0.39 is 0 Å². The molecule has 0 saturated carbocycles. The van der Waals surface area contributed by atoms with Crippen molar-refractivity contribution in [3.05, 3.63) is 23.8 Å². The molecule has 0 bridgehead atoms. The summed E-state index contributed by atoms with van der Waals surface area (Å²) in [5.41, 5.74) is 6.60. The van der Waals surface area contributed by atoms with Crippen molar-refractivity contribution >= 4 is 11.6 Å². The number of phenolic OH excluding ortho intramolecular Hbond substituents is 1. The number of carbonyl (C=O) groups excluding carboxylic acids is 1. The van der Waals surface area contributed by atoms with Crippen LogP contribution in [0, 0.1) is 0 Å². The van der Waals surface area contributed by atoms with Crippen LogP contribution >= 0.6 is 0 Å². The van der Waals surface area contributed by atoms with Crippen molar-refractivity contribution in [2.45, 2.75) is 6.42 Å². The summed E-state index contributed by atoms with van der Waals surface area (Å²) in [6.45, 7) is 3.30. The minimum atomic E-state index is -0.0984. The first-order valence-electron chi connectivity index (χ1n) is 6.14. The van der Waals surface area contributed by atoms with Crippen LogP contribution in [0.15, 0.2) is 18.2 Å². The molecular formula is C13H19N3O2. The molecule has 0 spiro atoms. The summed E-state index contributed by atoms with van der Waals surface area (Å²) >= 11 is 0. The van der Waals surface area contributed by atoms with Gasteiger partial charge in [0.05, 0.1) is 5.56 Å². The van der Waals surface area contributed by atoms with Crippen molar-refractivity contribution in [2.24, 2.45) is 0 Å². The van der Waals surface area contributed by atoms with E-state index in [0.29, 0.717) is 17.8 Å². The van der Waals surface area contributed by atoms with Crippen LogP contribution in [0.5, 0.6) is 5.75 Å². The number of nitrogen functional groups attached to an aromatic ring is 1. The molecule has 0 unspecified atom stereocenters. The van der Waals surface area contributed by atoms with Crippen molar-refractivity contribution in [1.82, 2.24) is 9.80 Å². The molecule has 18 heavy (non-hydrogen) atoms. The maximum Gasteiger partial charge on any atom is 0.256 e. The summed E-state index contributed by atoms with van der Waals surface area (Å²) in [4.78, 5) is 16.4. The van der Waals surface area contributed by atoms with Gasteiger partial charge >= 0.3 is 0 Å². The van der Waals surface area contributed by atoms with Crippen molar-refractivity contribution in [3.63, 3.8) is 0 Å². The smallest absolute Gasteiger partial charge is 0.256 e. The van der Waals surface area contributed by atoms with Crippen molar-refractivity contribution in [3.8, 4) is 5.75 Å². The van der Waals surface area contributed by atoms with Gasteiger partial charge < -0.3 is 20.6 Å². The second kappa shape index (κ2) is 5.27. The summed E-state index contributed by atoms with van der Waals surface area (Å²) in [7, 11) is 2.05. The minimum Gasteiger partial charge on any atom is -0.508 e. The standard InChI is InChI=1S/C13H19N3O2/c1-15-5-2-6-16(8-7-15)13(18)11-9-10(17)3-4-12(11)14/h3-4,9,17H,2,5-8,14H2,1H3. The fraction of sp³-hybridized carbons (Fsp3) is 0.462. The molecule has 1 aliphatic rings. The van der Waals surface area contributed by atoms with Crippen LogP contribution in [-0.4, -0.2) is 54.0 Å². The van der Waals surface area contributed by atoms with Crippen molar-refractivity contribution in [1.29, 1.82) is 0 Å². The highest BCUT2D eigenvalue weighted by atomic mass is 16.3. The van der Waals surface area contributed by atoms with Crippen LogP contribution in [0.25, 0.3) is 0 Å². The van der Waals surface area contributed by atoms with Gasteiger partial charge in [-0.1, -0.05) is 0 Å². The lowest BCUT2D eigenvalue weighted by atomic mass is 10.1. The molecule has 1 aromatic rings. The van der Waals surface area contributed by atoms with E-state index in [1.165, 1.54) is 12.1 Å². The monoisotopic (exact) mass is 249 g/mol. The molecule has 3 N–H and O–H groups in total. The molecule has 1 heterocycles. The normalized spacial score (nSPS) is 17.5. The van der Waals surface area contributed by atoms with E-state index in [1.807, 2.05) is 0 Å². The molecule has 98 valence electrons. The van der Waals surface area contributed by atoms with E-state index in [1.54, 1.807) is 11.0 Å². The van der Waals surface area contributed by atoms with Crippen molar-refractivity contribution in [2.75, 3.05) is 39.0 Å². The maximum absolute atomic E-state index is 12.3. The average molecular weight is 249 g/mol. The van der Waals surface area contributed by atoms with Gasteiger partial charge in [0, 0.05) is 25.3 Å². The number of likely N-dealkylation sites (N-methyl/N-ethyl adjacent to an activating group) is 1. The molecular weight excluding hydrogens is 230 g/mol. The van der Waals surface area contributed by atoms with E-state index in [9.17, 15) is 9.90 Å². The van der Waals surface area contributed by atoms with Crippen LogP contribution in [0.1, 0.15) is 16.8 Å². The number of nitrogens with zero attached hydrogens (tertiary/aromatic N) is 2. The number of anilines is 1. The van der Waals surface area contributed by atoms with Crippen molar-refractivity contribution < 1.29 is 9.90 Å². The second-order valence-corrected chi connectivity index (χ2v) is 4.72. The molecule has 1 amide bonds. The van der Waals surface area contributed by atoms with E-state index in [4.69, 9.17) is 5.73 Å². The number of nitrogens with two attached hydrogens (primary N) is 1. The van der Waals surface area contributed by atoms with Gasteiger partial charge in [0.1, 0.15) is 5.75 Å². The highest BCUT2D eigenvalue weighted by Crippen LogP contribution is 2.20. The quantitative estimate of drug-likeness (QED) is 0.569. The fourth-order valence-electron chi connectivity index (χ4n) is 2.15. The number of aromatic hydroxyl groups is 1. The molecule has 0 aromatic heterocycles. The third-order valence-corrected chi connectivity index (χ3v) is 3.27. The molecule has 0 atom stereocenters. The Morgan fingerprint density at radius 2 is 2.06 bits per heavy atom. The topological polar surface area (TPSA) is 69.8 Å². The molecule has 1 saturated heterocycles. The number of phenols is 1. The second-order valence-electron chi connectivity index (χ2n) is 4.72. The summed E-state index contributed by atoms with van der Waals surface area (Å²) in [6.07, 6.45) is 0.959. The van der Waals surface area contributed by atoms with Gasteiger partial charge in [-0.2, -0.15) is 0 Å². The van der Waals surface area contributed by atoms with E-state index in [0.717, 1.165) is 26.1 Å². The summed E-state index contributed by atoms with van der Waals surface area (Å²) < 4.78 is 0. The number of carbonyl (C=O) groups is 1. The predicted molar refractivity (Wildman–Crippen MR) is 70.5 cm³/mol. The zero-order valence-corrected chi connectivity index (χ0v) is 10.6. The number of rotatable bonds is 1. The third-order valence-electron chi connectivity index (χ3n) is 3.27. The van der Waals surface area contributed by atoms with E-state index in [-0.39, 0.29) is 11.7 Å². The predicted octanol–water partition coefficient (Wildman–Crippen LogP) is 0.752. The Hall–Kier alpha value is -1.75. The van der Waals surface area contributed by atoms with Gasteiger partial charge in [0.2, 0.25) is 0 Å². The average Bonchev–Trinajstić information content (AvgIpc) is 2.56. The zero-order valence-electron chi connectivity index (χ0n) is 10.6. The molecule has 1 aliphatic heterocycles. The maximum atomic E-state index is 12.3. The Kier molecular flexibility index (Phi) is 3.72. The number of hydrogen-bond donors (Lipinski definition) is 2. The van der Waals surface area contributed by atoms with Gasteiger partial charge in [-0.15, -0.1) is 0 Å². The lowest BCUT2D eigenvalue weighted by molar-refractivity contribution is 0.0763. The van der Waals surface area contributed by atoms with Crippen LogP contribution in [0.2, 0.25) is 0 Å². The van der Waals surface area contributed by atoms with E-state index in [2.05, 4.69) is 11.9 Å². The minimum absolute atomic E-state index is 0.0690. The van der Waals surface area contributed by atoms with Gasteiger partial charge in [-0.05, 0) is 38.2 Å². The van der Waals surface area contributed by atoms with E-state index >= 15 is 0 Å². The number of amides is 1. The summed E-state index contributed by atoms with van der Waals surface area (Å²) in [5, 5.41) is 9.45. The molecule has 0 aliphatic carbocycles. The third kappa shape index (κ3) is 2.73. The fourth-order valence-corrected chi connectivity index (χ4v) is 2.15. The highest BCUT2D eigenvalue weighted by molar-refractivity contribution is 5.99. The number of benzene rings is 1. The van der Waals surface area contributed by atoms with Gasteiger partial charge in [-0.3, -0.25) is 4.79 Å². The Morgan fingerprint density at radius 3 is 2.83 bits per heavy atom.